The van der Waals surface area contributed by atoms with Crippen LogP contribution in [0.5, 0.6) is 0 Å². The van der Waals surface area contributed by atoms with E-state index in [0.717, 1.165) is 60.8 Å². The molecule has 0 bridgehead atoms. The first kappa shape index (κ1) is 46.7. The molecule has 3 heterocycles. The van der Waals surface area contributed by atoms with Gasteiger partial charge in [-0.3, -0.25) is 4.57 Å². The van der Waals surface area contributed by atoms with Gasteiger partial charge in [-0.1, -0.05) is 198 Å². The van der Waals surface area contributed by atoms with E-state index < -0.39 is 0 Å². The van der Waals surface area contributed by atoms with Crippen molar-refractivity contribution in [2.45, 2.75) is 105 Å². The molecule has 0 saturated carbocycles. The maximum Gasteiger partial charge on any atom is 0.238 e. The van der Waals surface area contributed by atoms with Gasteiger partial charge in [0.15, 0.2) is 11.6 Å². The molecule has 0 saturated heterocycles. The van der Waals surface area contributed by atoms with Crippen molar-refractivity contribution >= 4 is 43.6 Å². The fourth-order valence-electron chi connectivity index (χ4n) is 10.3. The van der Waals surface area contributed by atoms with Gasteiger partial charge in [0, 0.05) is 32.7 Å². The molecular formula is C67H65N5. The van der Waals surface area contributed by atoms with Crippen LogP contribution in [0, 0.1) is 0 Å². The number of para-hydroxylation sites is 1. The summed E-state index contributed by atoms with van der Waals surface area (Å²) in [5.74, 6) is 1.77. The Morgan fingerprint density at radius 3 is 1.14 bits per heavy atom. The lowest BCUT2D eigenvalue weighted by molar-refractivity contribution is 0.590. The van der Waals surface area contributed by atoms with Crippen molar-refractivity contribution in [3.05, 3.63) is 198 Å². The summed E-state index contributed by atoms with van der Waals surface area (Å²) < 4.78 is 4.66. The van der Waals surface area contributed by atoms with E-state index in [-0.39, 0.29) is 21.7 Å². The summed E-state index contributed by atoms with van der Waals surface area (Å²) in [6.45, 7) is 27.3. The quantitative estimate of drug-likeness (QED) is 0.167. The summed E-state index contributed by atoms with van der Waals surface area (Å²) in [4.78, 5) is 16.3. The number of nitrogens with zero attached hydrogens (tertiary/aromatic N) is 5. The van der Waals surface area contributed by atoms with Gasteiger partial charge in [-0.25, -0.2) is 4.98 Å². The van der Waals surface area contributed by atoms with E-state index in [4.69, 9.17) is 15.0 Å². The smallest absolute Gasteiger partial charge is 0.238 e. The first-order valence-corrected chi connectivity index (χ1v) is 25.5. The molecular weight excluding hydrogens is 875 g/mol. The molecule has 11 rings (SSSR count). The molecule has 358 valence electrons. The number of rotatable bonds is 6. The van der Waals surface area contributed by atoms with E-state index >= 15 is 0 Å². The second kappa shape index (κ2) is 17.0. The Morgan fingerprint density at radius 2 is 0.667 bits per heavy atom. The van der Waals surface area contributed by atoms with Crippen molar-refractivity contribution < 1.29 is 0 Å². The van der Waals surface area contributed by atoms with Crippen LogP contribution in [0.25, 0.3) is 100 Å². The zero-order chi connectivity index (χ0) is 50.5. The number of hydrogen-bond donors (Lipinski definition) is 0. The van der Waals surface area contributed by atoms with Crippen LogP contribution < -0.4 is 0 Å². The lowest BCUT2D eigenvalue weighted by Gasteiger charge is -2.19. The van der Waals surface area contributed by atoms with E-state index in [2.05, 4.69) is 250 Å². The minimum absolute atomic E-state index is 0.0113. The van der Waals surface area contributed by atoms with Gasteiger partial charge in [-0.05, 0) is 127 Å². The number of aromatic nitrogens is 5. The van der Waals surface area contributed by atoms with Crippen molar-refractivity contribution in [3.8, 4) is 56.7 Å². The highest BCUT2D eigenvalue weighted by Crippen LogP contribution is 2.42. The van der Waals surface area contributed by atoms with Gasteiger partial charge >= 0.3 is 0 Å². The summed E-state index contributed by atoms with van der Waals surface area (Å²) in [7, 11) is 0. The van der Waals surface area contributed by atoms with Gasteiger partial charge in [-0.15, -0.1) is 0 Å². The van der Waals surface area contributed by atoms with E-state index in [1.165, 1.54) is 44.2 Å². The summed E-state index contributed by atoms with van der Waals surface area (Å²) in [5.41, 5.74) is 17.2. The van der Waals surface area contributed by atoms with Gasteiger partial charge in [0.2, 0.25) is 5.95 Å². The van der Waals surface area contributed by atoms with Crippen molar-refractivity contribution in [2.24, 2.45) is 0 Å². The van der Waals surface area contributed by atoms with Crippen molar-refractivity contribution in [1.29, 1.82) is 0 Å². The minimum Gasteiger partial charge on any atom is -0.309 e. The van der Waals surface area contributed by atoms with E-state index in [0.29, 0.717) is 17.6 Å². The molecule has 0 spiro atoms. The Kier molecular flexibility index (Phi) is 11.0. The summed E-state index contributed by atoms with van der Waals surface area (Å²) in [5, 5.41) is 4.74. The zero-order valence-corrected chi connectivity index (χ0v) is 44.0. The normalized spacial score (nSPS) is 12.7. The van der Waals surface area contributed by atoms with Crippen LogP contribution in [0.1, 0.15) is 105 Å². The maximum absolute atomic E-state index is 5.55. The highest BCUT2D eigenvalue weighted by molar-refractivity contribution is 6.12. The number of hydrogen-bond acceptors (Lipinski definition) is 3. The van der Waals surface area contributed by atoms with Gasteiger partial charge in [0.25, 0.3) is 0 Å². The van der Waals surface area contributed by atoms with E-state index in [9.17, 15) is 0 Å². The fraction of sp³-hybridized carbons (Fsp3) is 0.239. The molecule has 0 atom stereocenters. The summed E-state index contributed by atoms with van der Waals surface area (Å²) in [6.07, 6.45) is 0. The van der Waals surface area contributed by atoms with Crippen LogP contribution in [0.4, 0.5) is 0 Å². The van der Waals surface area contributed by atoms with Crippen LogP contribution >= 0.6 is 0 Å². The highest BCUT2D eigenvalue weighted by Gasteiger charge is 2.25. The average molecular weight is 940 g/mol. The standard InChI is InChI=1S/C67H65N5/c1-64(2,3)47-28-22-42(23-29-47)45-26-34-59-52(38-45)53-39-46(43-24-30-48(31-25-43)65(4,5)6)27-35-60(53)72(59)63-69-61(44-18-14-13-15-19-44)68-62(70-63)51-20-16-17-21-56(51)71-57-36-32-49(66(7,8)9)40-54(57)55-41-50(67(10,11)12)33-37-58(55)71/h13-41H,1-12H3. The molecule has 0 unspecified atom stereocenters. The third kappa shape index (κ3) is 8.39. The third-order valence-corrected chi connectivity index (χ3v) is 14.7. The molecule has 72 heavy (non-hydrogen) atoms. The molecule has 0 amide bonds. The predicted octanol–water partition coefficient (Wildman–Crippen LogP) is 17.9. The molecule has 3 aromatic heterocycles. The third-order valence-electron chi connectivity index (χ3n) is 14.7. The predicted molar refractivity (Wildman–Crippen MR) is 305 cm³/mol. The maximum atomic E-state index is 5.55. The Hall–Kier alpha value is -7.63. The SMILES string of the molecule is CC(C)(C)c1ccc(-c2ccc3c(c2)c2cc(-c4ccc(C(C)(C)C)cc4)ccc2n3-c2nc(-c3ccccc3)nc(-c3ccccc3-n3c4ccc(C(C)(C)C)cc4c4cc(C(C)(C)C)ccc43)n2)cc1. The molecule has 0 radical (unpaired) electrons. The van der Waals surface area contributed by atoms with E-state index in [1.807, 2.05) is 18.2 Å². The topological polar surface area (TPSA) is 48.5 Å². The Morgan fingerprint density at radius 1 is 0.292 bits per heavy atom. The Balaban J connectivity index is 1.16. The monoisotopic (exact) mass is 940 g/mol. The van der Waals surface area contributed by atoms with Crippen LogP contribution in [0.2, 0.25) is 0 Å². The van der Waals surface area contributed by atoms with Crippen LogP contribution in [0.15, 0.2) is 176 Å². The van der Waals surface area contributed by atoms with Crippen molar-refractivity contribution in [3.63, 3.8) is 0 Å². The van der Waals surface area contributed by atoms with Crippen LogP contribution in [0.3, 0.4) is 0 Å². The van der Waals surface area contributed by atoms with Gasteiger partial charge in [-0.2, -0.15) is 9.97 Å². The average Bonchev–Trinajstić information content (AvgIpc) is 3.87. The molecule has 0 N–H and O–H groups in total. The van der Waals surface area contributed by atoms with E-state index in [1.54, 1.807) is 0 Å². The van der Waals surface area contributed by atoms with Gasteiger partial charge < -0.3 is 4.57 Å². The van der Waals surface area contributed by atoms with Crippen molar-refractivity contribution in [2.75, 3.05) is 0 Å². The fourth-order valence-corrected chi connectivity index (χ4v) is 10.3. The molecule has 0 aliphatic heterocycles. The Labute approximate surface area is 425 Å². The molecule has 0 aliphatic carbocycles. The second-order valence-corrected chi connectivity index (χ2v) is 23.9. The molecule has 8 aromatic carbocycles. The lowest BCUT2D eigenvalue weighted by atomic mass is 9.85. The largest absolute Gasteiger partial charge is 0.309 e. The number of fused-ring (bicyclic) bond motifs is 6. The zero-order valence-electron chi connectivity index (χ0n) is 44.0. The molecule has 0 fully saturated rings. The lowest BCUT2D eigenvalue weighted by Crippen LogP contribution is -2.10. The highest BCUT2D eigenvalue weighted by atomic mass is 15.2. The molecule has 5 heteroatoms. The summed E-state index contributed by atoms with van der Waals surface area (Å²) in [6, 6.07) is 64.7. The van der Waals surface area contributed by atoms with Crippen LogP contribution in [-0.4, -0.2) is 24.1 Å². The van der Waals surface area contributed by atoms with Crippen molar-refractivity contribution in [1.82, 2.24) is 24.1 Å². The second-order valence-electron chi connectivity index (χ2n) is 23.9. The first-order chi connectivity index (χ1) is 34.2. The molecule has 11 aromatic rings. The molecule has 0 aliphatic rings. The summed E-state index contributed by atoms with van der Waals surface area (Å²) >= 11 is 0. The number of benzene rings is 8. The van der Waals surface area contributed by atoms with Gasteiger partial charge in [0.05, 0.1) is 27.8 Å². The molecule has 5 nitrogen and oxygen atoms in total. The Bertz CT molecular complexity index is 3670. The minimum atomic E-state index is -0.0113. The van der Waals surface area contributed by atoms with Gasteiger partial charge in [0.1, 0.15) is 0 Å². The first-order valence-electron chi connectivity index (χ1n) is 25.5. The van der Waals surface area contributed by atoms with Crippen LogP contribution in [-0.2, 0) is 21.7 Å².